The summed E-state index contributed by atoms with van der Waals surface area (Å²) in [5.74, 6) is 1.26. The Labute approximate surface area is 127 Å². The zero-order valence-corrected chi connectivity index (χ0v) is 12.9. The minimum Gasteiger partial charge on any atom is -0.355 e. The third kappa shape index (κ3) is 5.28. The van der Waals surface area contributed by atoms with Crippen LogP contribution in [0.15, 0.2) is 22.0 Å². The number of amides is 1. The second kappa shape index (κ2) is 8.53. The van der Waals surface area contributed by atoms with Crippen LogP contribution < -0.4 is 10.6 Å². The Morgan fingerprint density at radius 3 is 3.10 bits per heavy atom. The highest BCUT2D eigenvalue weighted by Crippen LogP contribution is 2.21. The summed E-state index contributed by atoms with van der Waals surface area (Å²) in [7, 11) is 0. The maximum Gasteiger partial charge on any atom is 0.226 e. The molecule has 2 aromatic heterocycles. The predicted molar refractivity (Wildman–Crippen MR) is 82.1 cm³/mol. The van der Waals surface area contributed by atoms with Crippen molar-refractivity contribution in [1.82, 2.24) is 20.8 Å². The van der Waals surface area contributed by atoms with Gasteiger partial charge in [-0.25, -0.2) is 0 Å². The molecule has 1 amide bonds. The number of carbonyl (C=O) groups is 1. The third-order valence-corrected chi connectivity index (χ3v) is 3.74. The Hall–Kier alpha value is -1.73. The number of thiophene rings is 1. The Morgan fingerprint density at radius 2 is 2.33 bits per heavy atom. The first-order valence-electron chi connectivity index (χ1n) is 7.13. The van der Waals surface area contributed by atoms with Crippen molar-refractivity contribution in [1.29, 1.82) is 0 Å². The number of nitrogens with one attached hydrogen (secondary N) is 2. The van der Waals surface area contributed by atoms with Gasteiger partial charge < -0.3 is 15.2 Å². The van der Waals surface area contributed by atoms with E-state index in [2.05, 4.69) is 20.8 Å². The van der Waals surface area contributed by atoms with E-state index < -0.39 is 0 Å². The van der Waals surface area contributed by atoms with Gasteiger partial charge in [0.15, 0.2) is 0 Å². The van der Waals surface area contributed by atoms with Crippen molar-refractivity contribution in [3.8, 4) is 10.7 Å². The first-order valence-corrected chi connectivity index (χ1v) is 8.01. The summed E-state index contributed by atoms with van der Waals surface area (Å²) in [6.07, 6.45) is 1.81. The fourth-order valence-electron chi connectivity index (χ4n) is 1.82. The van der Waals surface area contributed by atoms with E-state index in [4.69, 9.17) is 4.52 Å². The normalized spacial score (nSPS) is 10.7. The molecule has 21 heavy (non-hydrogen) atoms. The Kier molecular flexibility index (Phi) is 6.36. The van der Waals surface area contributed by atoms with E-state index in [0.717, 1.165) is 18.0 Å². The van der Waals surface area contributed by atoms with Crippen LogP contribution in [0.25, 0.3) is 10.7 Å². The first kappa shape index (κ1) is 15.7. The van der Waals surface area contributed by atoms with Crippen molar-refractivity contribution in [2.24, 2.45) is 0 Å². The lowest BCUT2D eigenvalue weighted by Gasteiger charge is -2.04. The van der Waals surface area contributed by atoms with E-state index in [1.54, 1.807) is 11.3 Å². The van der Waals surface area contributed by atoms with Crippen LogP contribution in [0.2, 0.25) is 0 Å². The topological polar surface area (TPSA) is 80.0 Å². The molecule has 2 rings (SSSR count). The van der Waals surface area contributed by atoms with Gasteiger partial charge in [-0.3, -0.25) is 4.79 Å². The molecular formula is C14H20N4O2S. The molecule has 2 aromatic rings. The van der Waals surface area contributed by atoms with Crippen LogP contribution in [0, 0.1) is 0 Å². The molecule has 0 bridgehead atoms. The molecule has 0 fully saturated rings. The van der Waals surface area contributed by atoms with Crippen molar-refractivity contribution < 1.29 is 9.32 Å². The number of aromatic nitrogens is 2. The van der Waals surface area contributed by atoms with Gasteiger partial charge >= 0.3 is 0 Å². The van der Waals surface area contributed by atoms with Gasteiger partial charge in [0, 0.05) is 25.9 Å². The molecule has 0 aliphatic heterocycles. The number of carbonyl (C=O) groups excluding carboxylic acids is 1. The highest BCUT2D eigenvalue weighted by atomic mass is 32.1. The minimum absolute atomic E-state index is 0.0610. The number of likely N-dealkylation sites (N-methyl/N-ethyl adjacent to an activating group) is 1. The van der Waals surface area contributed by atoms with Crippen LogP contribution in [-0.4, -0.2) is 35.7 Å². The average Bonchev–Trinajstić information content (AvgIpc) is 3.14. The molecule has 7 heteroatoms. The second-order valence-corrected chi connectivity index (χ2v) is 5.49. The van der Waals surface area contributed by atoms with Gasteiger partial charge in [-0.15, -0.1) is 11.3 Å². The maximum atomic E-state index is 11.6. The molecule has 0 unspecified atom stereocenters. The fourth-order valence-corrected chi connectivity index (χ4v) is 2.47. The number of nitrogens with zero attached hydrogens (tertiary/aromatic N) is 2. The molecule has 0 saturated carbocycles. The SMILES string of the molecule is CCNCCNC(=O)CCCc1nc(-c2cccs2)no1. The molecule has 114 valence electrons. The number of hydrogen-bond donors (Lipinski definition) is 2. The lowest BCUT2D eigenvalue weighted by molar-refractivity contribution is -0.121. The molecule has 0 aliphatic rings. The lowest BCUT2D eigenvalue weighted by Crippen LogP contribution is -2.31. The lowest BCUT2D eigenvalue weighted by atomic mass is 10.2. The van der Waals surface area contributed by atoms with Gasteiger partial charge in [0.05, 0.1) is 4.88 Å². The van der Waals surface area contributed by atoms with Crippen molar-refractivity contribution >= 4 is 17.2 Å². The van der Waals surface area contributed by atoms with E-state index in [9.17, 15) is 4.79 Å². The van der Waals surface area contributed by atoms with Crippen molar-refractivity contribution in [3.05, 3.63) is 23.4 Å². The monoisotopic (exact) mass is 308 g/mol. The molecule has 0 spiro atoms. The first-order chi connectivity index (χ1) is 10.3. The summed E-state index contributed by atoms with van der Waals surface area (Å²) in [4.78, 5) is 16.9. The van der Waals surface area contributed by atoms with Crippen LogP contribution in [0.5, 0.6) is 0 Å². The molecule has 0 aromatic carbocycles. The molecule has 6 nitrogen and oxygen atoms in total. The van der Waals surface area contributed by atoms with E-state index in [1.165, 1.54) is 0 Å². The molecule has 0 saturated heterocycles. The van der Waals surface area contributed by atoms with Crippen molar-refractivity contribution in [2.75, 3.05) is 19.6 Å². The van der Waals surface area contributed by atoms with E-state index >= 15 is 0 Å². The van der Waals surface area contributed by atoms with Gasteiger partial charge in [0.2, 0.25) is 17.6 Å². The molecule has 2 N–H and O–H groups in total. The summed E-state index contributed by atoms with van der Waals surface area (Å²) in [5.41, 5.74) is 0. The van der Waals surface area contributed by atoms with Crippen LogP contribution >= 0.6 is 11.3 Å². The molecule has 0 atom stereocenters. The fraction of sp³-hybridized carbons (Fsp3) is 0.500. The number of rotatable bonds is 9. The minimum atomic E-state index is 0.0610. The predicted octanol–water partition coefficient (Wildman–Crippen LogP) is 1.85. The molecule has 2 heterocycles. The van der Waals surface area contributed by atoms with Crippen LogP contribution in [0.1, 0.15) is 25.7 Å². The van der Waals surface area contributed by atoms with Crippen LogP contribution in [0.3, 0.4) is 0 Å². The molecule has 0 aliphatic carbocycles. The highest BCUT2D eigenvalue weighted by molar-refractivity contribution is 7.13. The third-order valence-electron chi connectivity index (χ3n) is 2.88. The Balaban J connectivity index is 1.66. The van der Waals surface area contributed by atoms with Crippen molar-refractivity contribution in [2.45, 2.75) is 26.2 Å². The summed E-state index contributed by atoms with van der Waals surface area (Å²) >= 11 is 1.58. The smallest absolute Gasteiger partial charge is 0.226 e. The number of aryl methyl sites for hydroxylation is 1. The maximum absolute atomic E-state index is 11.6. The standard InChI is InChI=1S/C14H20N4O2S/c1-2-15-8-9-16-12(19)6-3-7-13-17-14(18-20-13)11-5-4-10-21-11/h4-5,10,15H,2-3,6-9H2,1H3,(H,16,19). The van der Waals surface area contributed by atoms with E-state index in [-0.39, 0.29) is 5.91 Å². The van der Waals surface area contributed by atoms with Gasteiger partial charge in [-0.1, -0.05) is 18.1 Å². The number of hydrogen-bond acceptors (Lipinski definition) is 6. The van der Waals surface area contributed by atoms with Gasteiger partial charge in [-0.05, 0) is 24.4 Å². The van der Waals surface area contributed by atoms with Crippen molar-refractivity contribution in [3.63, 3.8) is 0 Å². The Morgan fingerprint density at radius 1 is 1.43 bits per heavy atom. The summed E-state index contributed by atoms with van der Waals surface area (Å²) in [6, 6.07) is 3.91. The second-order valence-electron chi connectivity index (χ2n) is 4.55. The molecule has 0 radical (unpaired) electrons. The van der Waals surface area contributed by atoms with Gasteiger partial charge in [-0.2, -0.15) is 4.98 Å². The van der Waals surface area contributed by atoms with Crippen LogP contribution in [0.4, 0.5) is 0 Å². The van der Waals surface area contributed by atoms with Gasteiger partial charge in [0.25, 0.3) is 0 Å². The van der Waals surface area contributed by atoms with Crippen LogP contribution in [-0.2, 0) is 11.2 Å². The zero-order chi connectivity index (χ0) is 14.9. The summed E-state index contributed by atoms with van der Waals surface area (Å²) in [5, 5.41) is 11.9. The van der Waals surface area contributed by atoms with E-state index in [1.807, 2.05) is 24.4 Å². The largest absolute Gasteiger partial charge is 0.355 e. The van der Waals surface area contributed by atoms with E-state index in [0.29, 0.717) is 37.5 Å². The average molecular weight is 308 g/mol. The summed E-state index contributed by atoms with van der Waals surface area (Å²) < 4.78 is 5.19. The highest BCUT2D eigenvalue weighted by Gasteiger charge is 2.09. The quantitative estimate of drug-likeness (QED) is 0.691. The Bertz CT molecular complexity index is 539. The zero-order valence-electron chi connectivity index (χ0n) is 12.1. The van der Waals surface area contributed by atoms with Gasteiger partial charge in [0.1, 0.15) is 0 Å². The summed E-state index contributed by atoms with van der Waals surface area (Å²) in [6.45, 7) is 4.42. The molecular weight excluding hydrogens is 288 g/mol.